The maximum absolute atomic E-state index is 14.1. The third-order valence-electron chi connectivity index (χ3n) is 4.17. The van der Waals surface area contributed by atoms with Crippen molar-refractivity contribution in [2.45, 2.75) is 13.1 Å². The first kappa shape index (κ1) is 21.5. The van der Waals surface area contributed by atoms with Gasteiger partial charge in [0.05, 0.1) is 18.3 Å². The standard InChI is InChI=1S/C19H22ClFN8O/c1-28(2)6-7-29-11-17(25-26-19(30)13-8-22-12-23-9-13)18(27-29)24-10-14-15(20)4-3-5-16(14)21/h3-5,8-9,11-12,25H,6-7,10H2,1-2H3,(H,24,27)(H,26,30). The van der Waals surface area contributed by atoms with Crippen LogP contribution >= 0.6 is 11.6 Å². The van der Waals surface area contributed by atoms with Crippen molar-refractivity contribution in [2.75, 3.05) is 31.4 Å². The molecule has 30 heavy (non-hydrogen) atoms. The van der Waals surface area contributed by atoms with Gasteiger partial charge in [0.15, 0.2) is 5.82 Å². The lowest BCUT2D eigenvalue weighted by atomic mass is 10.2. The van der Waals surface area contributed by atoms with Crippen LogP contribution in [0.2, 0.25) is 5.02 Å². The molecule has 0 saturated carbocycles. The Bertz CT molecular complexity index is 975. The second kappa shape index (κ2) is 9.99. The molecule has 3 N–H and O–H groups in total. The summed E-state index contributed by atoms with van der Waals surface area (Å²) >= 11 is 6.10. The summed E-state index contributed by atoms with van der Waals surface area (Å²) in [6.07, 6.45) is 5.90. The molecule has 158 valence electrons. The molecule has 1 aromatic carbocycles. The molecule has 0 atom stereocenters. The van der Waals surface area contributed by atoms with Gasteiger partial charge >= 0.3 is 0 Å². The van der Waals surface area contributed by atoms with Gasteiger partial charge in [0, 0.05) is 36.1 Å². The molecule has 2 aromatic heterocycles. The number of aromatic nitrogens is 4. The highest BCUT2D eigenvalue weighted by Gasteiger charge is 2.13. The van der Waals surface area contributed by atoms with Crippen molar-refractivity contribution in [3.05, 3.63) is 65.1 Å². The Morgan fingerprint density at radius 3 is 2.73 bits per heavy atom. The zero-order valence-electron chi connectivity index (χ0n) is 16.6. The number of benzene rings is 1. The van der Waals surface area contributed by atoms with Crippen LogP contribution in [0.3, 0.4) is 0 Å². The summed E-state index contributed by atoms with van der Waals surface area (Å²) in [7, 11) is 3.92. The van der Waals surface area contributed by atoms with E-state index in [4.69, 9.17) is 11.6 Å². The van der Waals surface area contributed by atoms with Crippen LogP contribution in [0, 0.1) is 5.82 Å². The number of halogens is 2. The molecule has 2 heterocycles. The Kier molecular flexibility index (Phi) is 7.15. The fourth-order valence-corrected chi connectivity index (χ4v) is 2.78. The molecule has 0 bridgehead atoms. The summed E-state index contributed by atoms with van der Waals surface area (Å²) in [6, 6.07) is 4.52. The molecular formula is C19H22ClFN8O. The van der Waals surface area contributed by atoms with Crippen LogP contribution in [0.5, 0.6) is 0 Å². The van der Waals surface area contributed by atoms with E-state index in [0.717, 1.165) is 6.54 Å². The number of hydrazine groups is 1. The Labute approximate surface area is 178 Å². The van der Waals surface area contributed by atoms with Crippen LogP contribution in [-0.4, -0.2) is 51.2 Å². The maximum Gasteiger partial charge on any atom is 0.272 e. The Balaban J connectivity index is 1.73. The van der Waals surface area contributed by atoms with Gasteiger partial charge in [-0.2, -0.15) is 5.10 Å². The molecule has 0 spiro atoms. The summed E-state index contributed by atoms with van der Waals surface area (Å²) in [6.45, 7) is 1.53. The molecule has 9 nitrogen and oxygen atoms in total. The molecule has 0 fully saturated rings. The molecule has 0 unspecified atom stereocenters. The summed E-state index contributed by atoms with van der Waals surface area (Å²) in [5.41, 5.74) is 6.58. The van der Waals surface area contributed by atoms with Gasteiger partial charge in [-0.1, -0.05) is 17.7 Å². The van der Waals surface area contributed by atoms with E-state index < -0.39 is 11.7 Å². The highest BCUT2D eigenvalue weighted by molar-refractivity contribution is 6.31. The quantitative estimate of drug-likeness (QED) is 0.446. The molecule has 0 aliphatic rings. The summed E-state index contributed by atoms with van der Waals surface area (Å²) in [5.74, 6) is -0.369. The minimum Gasteiger partial charge on any atom is -0.363 e. The van der Waals surface area contributed by atoms with Crippen LogP contribution in [0.15, 0.2) is 43.1 Å². The van der Waals surface area contributed by atoms with Crippen LogP contribution in [0.25, 0.3) is 0 Å². The van der Waals surface area contributed by atoms with Gasteiger partial charge in [0.1, 0.15) is 17.8 Å². The fraction of sp³-hybridized carbons (Fsp3) is 0.263. The molecule has 0 saturated heterocycles. The number of carbonyl (C=O) groups excluding carboxylic acids is 1. The highest BCUT2D eigenvalue weighted by Crippen LogP contribution is 2.23. The molecule has 0 aliphatic carbocycles. The lowest BCUT2D eigenvalue weighted by molar-refractivity contribution is 0.0962. The molecule has 0 radical (unpaired) electrons. The van der Waals surface area contributed by atoms with Crippen molar-refractivity contribution in [2.24, 2.45) is 0 Å². The Morgan fingerprint density at radius 2 is 2.03 bits per heavy atom. The van der Waals surface area contributed by atoms with Crippen molar-refractivity contribution in [3.8, 4) is 0 Å². The molecule has 3 rings (SSSR count). The van der Waals surface area contributed by atoms with E-state index in [1.807, 2.05) is 19.0 Å². The van der Waals surface area contributed by atoms with E-state index in [1.54, 1.807) is 23.0 Å². The number of nitrogens with zero attached hydrogens (tertiary/aromatic N) is 5. The second-order valence-corrected chi connectivity index (χ2v) is 7.12. The number of rotatable bonds is 9. The molecule has 11 heteroatoms. The number of likely N-dealkylation sites (N-methyl/N-ethyl adjacent to an activating group) is 1. The lowest BCUT2D eigenvalue weighted by Gasteiger charge is -2.10. The van der Waals surface area contributed by atoms with E-state index in [0.29, 0.717) is 34.2 Å². The SMILES string of the molecule is CN(C)CCn1cc(NNC(=O)c2cncnc2)c(NCc2c(F)cccc2Cl)n1. The first-order valence-corrected chi connectivity index (χ1v) is 9.52. The molecule has 1 amide bonds. The van der Waals surface area contributed by atoms with Gasteiger partial charge < -0.3 is 10.2 Å². The largest absolute Gasteiger partial charge is 0.363 e. The van der Waals surface area contributed by atoms with E-state index in [-0.39, 0.29) is 6.54 Å². The Morgan fingerprint density at radius 1 is 1.27 bits per heavy atom. The first-order valence-electron chi connectivity index (χ1n) is 9.14. The normalized spacial score (nSPS) is 10.8. The molecular weight excluding hydrogens is 411 g/mol. The van der Waals surface area contributed by atoms with Gasteiger partial charge in [-0.05, 0) is 26.2 Å². The van der Waals surface area contributed by atoms with E-state index in [2.05, 4.69) is 31.2 Å². The fourth-order valence-electron chi connectivity index (χ4n) is 2.55. The number of amides is 1. The summed E-state index contributed by atoms with van der Waals surface area (Å²) in [4.78, 5) is 21.9. The maximum atomic E-state index is 14.1. The molecule has 0 aliphatic heterocycles. The van der Waals surface area contributed by atoms with Gasteiger partial charge in [0.2, 0.25) is 0 Å². The predicted molar refractivity (Wildman–Crippen MR) is 113 cm³/mol. The predicted octanol–water partition coefficient (Wildman–Crippen LogP) is 2.40. The van der Waals surface area contributed by atoms with Crippen LogP contribution in [-0.2, 0) is 13.1 Å². The number of hydrogen-bond acceptors (Lipinski definition) is 7. The lowest BCUT2D eigenvalue weighted by Crippen LogP contribution is -2.29. The average Bonchev–Trinajstić information content (AvgIpc) is 3.13. The third-order valence-corrected chi connectivity index (χ3v) is 4.52. The van der Waals surface area contributed by atoms with Gasteiger partial charge in [-0.3, -0.25) is 20.3 Å². The van der Waals surface area contributed by atoms with Crippen molar-refractivity contribution in [1.82, 2.24) is 30.1 Å². The first-order chi connectivity index (χ1) is 14.4. The zero-order valence-corrected chi connectivity index (χ0v) is 17.3. The number of hydrogen-bond donors (Lipinski definition) is 3. The van der Waals surface area contributed by atoms with Gasteiger partial charge in [-0.15, -0.1) is 0 Å². The van der Waals surface area contributed by atoms with Crippen molar-refractivity contribution < 1.29 is 9.18 Å². The van der Waals surface area contributed by atoms with Crippen molar-refractivity contribution in [3.63, 3.8) is 0 Å². The zero-order chi connectivity index (χ0) is 21.5. The van der Waals surface area contributed by atoms with Crippen molar-refractivity contribution >= 4 is 29.0 Å². The summed E-state index contributed by atoms with van der Waals surface area (Å²) < 4.78 is 15.8. The van der Waals surface area contributed by atoms with Crippen LogP contribution in [0.1, 0.15) is 15.9 Å². The topological polar surface area (TPSA) is 100 Å². The minimum atomic E-state index is -0.408. The van der Waals surface area contributed by atoms with Crippen LogP contribution < -0.4 is 16.2 Å². The third kappa shape index (κ3) is 5.65. The monoisotopic (exact) mass is 432 g/mol. The Hall–Kier alpha value is -3.24. The number of carbonyl (C=O) groups is 1. The number of nitrogens with one attached hydrogen (secondary N) is 3. The van der Waals surface area contributed by atoms with E-state index in [1.165, 1.54) is 24.8 Å². The summed E-state index contributed by atoms with van der Waals surface area (Å²) in [5, 5.41) is 7.88. The molecule has 3 aromatic rings. The van der Waals surface area contributed by atoms with E-state index in [9.17, 15) is 9.18 Å². The van der Waals surface area contributed by atoms with Crippen molar-refractivity contribution in [1.29, 1.82) is 0 Å². The highest BCUT2D eigenvalue weighted by atomic mass is 35.5. The second-order valence-electron chi connectivity index (χ2n) is 6.72. The van der Waals surface area contributed by atoms with Gasteiger partial charge in [0.25, 0.3) is 5.91 Å². The van der Waals surface area contributed by atoms with Gasteiger partial charge in [-0.25, -0.2) is 14.4 Å². The average molecular weight is 433 g/mol. The number of anilines is 2. The smallest absolute Gasteiger partial charge is 0.272 e. The van der Waals surface area contributed by atoms with E-state index >= 15 is 0 Å². The minimum absolute atomic E-state index is 0.130. The van der Waals surface area contributed by atoms with Crippen LogP contribution in [0.4, 0.5) is 15.9 Å².